The lowest BCUT2D eigenvalue weighted by atomic mass is 10.0. The van der Waals surface area contributed by atoms with E-state index in [1.54, 1.807) is 0 Å². The summed E-state index contributed by atoms with van der Waals surface area (Å²) in [6, 6.07) is 5.84. The van der Waals surface area contributed by atoms with Crippen molar-refractivity contribution < 1.29 is 19.4 Å². The van der Waals surface area contributed by atoms with Crippen LogP contribution < -0.4 is 10.1 Å². The van der Waals surface area contributed by atoms with Crippen molar-refractivity contribution in [2.75, 3.05) is 32.8 Å². The Morgan fingerprint density at radius 1 is 1.15 bits per heavy atom. The first-order valence-electron chi connectivity index (χ1n) is 12.9. The molecule has 2 amide bonds. The molecule has 2 N–H and O–H groups in total. The molecule has 3 aliphatic rings. The summed E-state index contributed by atoms with van der Waals surface area (Å²) in [5.74, 6) is 2.35. The fourth-order valence-electron chi connectivity index (χ4n) is 5.15. The summed E-state index contributed by atoms with van der Waals surface area (Å²) in [6.45, 7) is 2.74. The average molecular weight is 471 g/mol. The molecule has 1 aromatic carbocycles. The van der Waals surface area contributed by atoms with Crippen LogP contribution in [0.3, 0.4) is 0 Å². The van der Waals surface area contributed by atoms with Crippen molar-refractivity contribution in [1.82, 2.24) is 15.1 Å². The van der Waals surface area contributed by atoms with Crippen LogP contribution in [0.2, 0.25) is 0 Å². The highest BCUT2D eigenvalue weighted by molar-refractivity contribution is 6.05. The Kier molecular flexibility index (Phi) is 8.79. The number of nitrogens with one attached hydrogen (secondary N) is 1. The van der Waals surface area contributed by atoms with Crippen LogP contribution in [-0.2, 0) is 16.1 Å². The fourth-order valence-corrected chi connectivity index (χ4v) is 5.15. The first-order chi connectivity index (χ1) is 16.6. The molecule has 186 valence electrons. The third-order valence-electron chi connectivity index (χ3n) is 7.07. The van der Waals surface area contributed by atoms with E-state index in [1.807, 2.05) is 28.0 Å². The van der Waals surface area contributed by atoms with Gasteiger partial charge in [-0.1, -0.05) is 44.6 Å². The van der Waals surface area contributed by atoms with E-state index in [1.165, 1.54) is 38.5 Å². The molecule has 2 fully saturated rings. The molecular formula is C26H38N4O4. The number of unbranched alkanes of at least 4 members (excludes halogenated alkanes) is 2. The van der Waals surface area contributed by atoms with E-state index >= 15 is 0 Å². The summed E-state index contributed by atoms with van der Waals surface area (Å²) in [5, 5.41) is 12.1. The number of hydrogen-bond donors (Lipinski definition) is 2. The third kappa shape index (κ3) is 6.72. The van der Waals surface area contributed by atoms with E-state index in [2.05, 4.69) is 10.3 Å². The number of carbonyl (C=O) groups excluding carboxylic acids is 2. The summed E-state index contributed by atoms with van der Waals surface area (Å²) in [7, 11) is 0. The van der Waals surface area contributed by atoms with Crippen LogP contribution in [0, 0.1) is 5.92 Å². The minimum Gasteiger partial charge on any atom is -0.494 e. The maximum absolute atomic E-state index is 12.6. The number of aliphatic imine (C=N–C) groups is 1. The Morgan fingerprint density at radius 3 is 2.82 bits per heavy atom. The Labute approximate surface area is 202 Å². The molecule has 34 heavy (non-hydrogen) atoms. The van der Waals surface area contributed by atoms with Crippen molar-refractivity contribution in [1.29, 1.82) is 0 Å². The number of carbonyl (C=O) groups is 2. The number of rotatable bonds is 13. The number of nitrogens with zero attached hydrogens (tertiary/aromatic N) is 3. The van der Waals surface area contributed by atoms with Gasteiger partial charge in [-0.3, -0.25) is 14.9 Å². The summed E-state index contributed by atoms with van der Waals surface area (Å²) >= 11 is 0. The first-order valence-corrected chi connectivity index (χ1v) is 12.9. The number of amides is 2. The van der Waals surface area contributed by atoms with Crippen molar-refractivity contribution in [2.24, 2.45) is 10.9 Å². The van der Waals surface area contributed by atoms with Crippen LogP contribution >= 0.6 is 0 Å². The topological polar surface area (TPSA) is 94.5 Å². The van der Waals surface area contributed by atoms with Gasteiger partial charge in [-0.05, 0) is 36.8 Å². The Bertz CT molecular complexity index is 882. The summed E-state index contributed by atoms with van der Waals surface area (Å²) in [4.78, 5) is 32.5. The van der Waals surface area contributed by atoms with Crippen molar-refractivity contribution >= 4 is 23.5 Å². The van der Waals surface area contributed by atoms with E-state index in [0.717, 1.165) is 48.7 Å². The first kappa shape index (κ1) is 24.5. The quantitative estimate of drug-likeness (QED) is 0.431. The van der Waals surface area contributed by atoms with E-state index in [9.17, 15) is 14.7 Å². The second kappa shape index (κ2) is 12.2. The zero-order chi connectivity index (χ0) is 23.8. The highest BCUT2D eigenvalue weighted by Crippen LogP contribution is 2.31. The normalized spacial score (nSPS) is 17.3. The van der Waals surface area contributed by atoms with Gasteiger partial charge in [-0.25, -0.2) is 4.99 Å². The third-order valence-corrected chi connectivity index (χ3v) is 7.07. The van der Waals surface area contributed by atoms with Gasteiger partial charge in [0.2, 0.25) is 17.8 Å². The lowest BCUT2D eigenvalue weighted by Gasteiger charge is -2.23. The number of benzene rings is 1. The molecule has 8 nitrogen and oxygen atoms in total. The number of aliphatic hydroxyl groups is 1. The monoisotopic (exact) mass is 470 g/mol. The molecule has 0 radical (unpaired) electrons. The molecule has 1 saturated heterocycles. The molecule has 2 heterocycles. The minimum atomic E-state index is -0.0285. The van der Waals surface area contributed by atoms with Crippen molar-refractivity contribution in [3.8, 4) is 5.75 Å². The van der Waals surface area contributed by atoms with Gasteiger partial charge in [0.25, 0.3) is 0 Å². The van der Waals surface area contributed by atoms with E-state index in [-0.39, 0.29) is 18.4 Å². The molecule has 1 saturated carbocycles. The number of fused-ring (bicyclic) bond motifs is 2. The molecule has 1 aliphatic carbocycles. The van der Waals surface area contributed by atoms with Crippen molar-refractivity contribution in [2.45, 2.75) is 70.8 Å². The molecule has 0 aromatic heterocycles. The van der Waals surface area contributed by atoms with Crippen molar-refractivity contribution in [3.05, 3.63) is 23.8 Å². The predicted octanol–water partition coefficient (Wildman–Crippen LogP) is 3.35. The van der Waals surface area contributed by atoms with Crippen LogP contribution in [0.5, 0.6) is 5.75 Å². The Morgan fingerprint density at radius 2 is 2.00 bits per heavy atom. The number of aliphatic hydroxyl groups excluding tert-OH is 1. The van der Waals surface area contributed by atoms with Crippen LogP contribution in [-0.4, -0.2) is 65.5 Å². The summed E-state index contributed by atoms with van der Waals surface area (Å²) < 4.78 is 5.89. The molecule has 0 unspecified atom stereocenters. The standard InChI is InChI=1S/C26H38N4O4/c31-15-14-29(13-5-3-9-20-7-1-2-8-20)25(33)10-4-6-16-34-22-12-11-21-18-30-19-24(32)28-26(30)27-23(21)17-22/h11-12,17,20,31H,1-10,13-16,18-19H2,(H,27,28,32). The Balaban J connectivity index is 1.14. The lowest BCUT2D eigenvalue weighted by Crippen LogP contribution is -2.34. The summed E-state index contributed by atoms with van der Waals surface area (Å²) in [6.07, 6.45) is 11.0. The van der Waals surface area contributed by atoms with Gasteiger partial charge < -0.3 is 19.6 Å². The predicted molar refractivity (Wildman–Crippen MR) is 131 cm³/mol. The van der Waals surface area contributed by atoms with Crippen LogP contribution in [0.15, 0.2) is 23.2 Å². The highest BCUT2D eigenvalue weighted by atomic mass is 16.5. The minimum absolute atomic E-state index is 0.0153. The molecule has 1 aromatic rings. The summed E-state index contributed by atoms with van der Waals surface area (Å²) in [5.41, 5.74) is 1.90. The highest BCUT2D eigenvalue weighted by Gasteiger charge is 2.29. The maximum Gasteiger partial charge on any atom is 0.246 e. The smallest absolute Gasteiger partial charge is 0.246 e. The molecule has 0 bridgehead atoms. The lowest BCUT2D eigenvalue weighted by molar-refractivity contribution is -0.132. The zero-order valence-corrected chi connectivity index (χ0v) is 20.1. The Hall–Kier alpha value is -2.61. The number of ether oxygens (including phenoxy) is 1. The molecule has 4 rings (SSSR count). The molecule has 2 aliphatic heterocycles. The van der Waals surface area contributed by atoms with Gasteiger partial charge in [-0.2, -0.15) is 0 Å². The van der Waals surface area contributed by atoms with E-state index < -0.39 is 0 Å². The number of hydrogen-bond acceptors (Lipinski definition) is 6. The fraction of sp³-hybridized carbons (Fsp3) is 0.654. The van der Waals surface area contributed by atoms with Crippen LogP contribution in [0.1, 0.15) is 69.8 Å². The van der Waals surface area contributed by atoms with Crippen LogP contribution in [0.25, 0.3) is 0 Å². The number of guanidine groups is 1. The van der Waals surface area contributed by atoms with Crippen molar-refractivity contribution in [3.63, 3.8) is 0 Å². The van der Waals surface area contributed by atoms with Gasteiger partial charge in [0.15, 0.2) is 0 Å². The zero-order valence-electron chi connectivity index (χ0n) is 20.1. The second-order valence-corrected chi connectivity index (χ2v) is 9.69. The van der Waals surface area contributed by atoms with Gasteiger partial charge in [0.05, 0.1) is 18.9 Å². The maximum atomic E-state index is 12.6. The average Bonchev–Trinajstić information content (AvgIpc) is 3.47. The molecule has 8 heteroatoms. The van der Waals surface area contributed by atoms with E-state index in [4.69, 9.17) is 4.74 Å². The van der Waals surface area contributed by atoms with Gasteiger partial charge in [-0.15, -0.1) is 0 Å². The molecule has 0 spiro atoms. The molecular weight excluding hydrogens is 432 g/mol. The largest absolute Gasteiger partial charge is 0.494 e. The van der Waals surface area contributed by atoms with Gasteiger partial charge >= 0.3 is 0 Å². The SMILES string of the molecule is O=C1CN2Cc3ccc(OCCCCC(=O)N(CCO)CCCCC4CCCC4)cc3N=C2N1. The molecule has 0 atom stereocenters. The van der Waals surface area contributed by atoms with Crippen LogP contribution in [0.4, 0.5) is 5.69 Å². The van der Waals surface area contributed by atoms with Gasteiger partial charge in [0.1, 0.15) is 12.3 Å². The second-order valence-electron chi connectivity index (χ2n) is 9.69. The van der Waals surface area contributed by atoms with Gasteiger partial charge in [0, 0.05) is 32.1 Å². The van der Waals surface area contributed by atoms with E-state index in [0.29, 0.717) is 38.6 Å².